The van der Waals surface area contributed by atoms with Crippen LogP contribution in [0.3, 0.4) is 0 Å². The summed E-state index contributed by atoms with van der Waals surface area (Å²) in [6.45, 7) is 4.59. The zero-order valence-electron chi connectivity index (χ0n) is 15.7. The molecule has 2 spiro atoms. The monoisotopic (exact) mass is 318 g/mol. The van der Waals surface area contributed by atoms with Crippen LogP contribution >= 0.6 is 0 Å². The molecule has 0 N–H and O–H groups in total. The number of unbranched alkanes of at least 4 members (excludes halogenated alkanes) is 2. The Labute approximate surface area is 144 Å². The van der Waals surface area contributed by atoms with Gasteiger partial charge in [-0.05, 0) is 69.6 Å². The molecule has 0 bridgehead atoms. The summed E-state index contributed by atoms with van der Waals surface area (Å²) >= 11 is 0. The summed E-state index contributed by atoms with van der Waals surface area (Å²) in [5.41, 5.74) is 0.304. The van der Waals surface area contributed by atoms with Gasteiger partial charge in [-0.2, -0.15) is 0 Å². The number of rotatable bonds is 6. The standard InChI is InChI=1S/C22H38O/c1-3-5-6-8-19-11-15-22(16-12-19)17-21(20(22)23)13-9-18(7-4-2)10-14-21/h18-19H,3-17H2,1-2H3. The third-order valence-corrected chi connectivity index (χ3v) is 7.68. The van der Waals surface area contributed by atoms with Crippen molar-refractivity contribution in [1.82, 2.24) is 0 Å². The van der Waals surface area contributed by atoms with E-state index in [0.717, 1.165) is 11.8 Å². The lowest BCUT2D eigenvalue weighted by Gasteiger charge is -2.59. The largest absolute Gasteiger partial charge is 0.298 e. The van der Waals surface area contributed by atoms with Crippen molar-refractivity contribution in [3.8, 4) is 0 Å². The SMILES string of the molecule is CCCCCC1CCC2(CC1)CC1(CCC(CCC)CC1)C2=O. The van der Waals surface area contributed by atoms with Gasteiger partial charge < -0.3 is 0 Å². The summed E-state index contributed by atoms with van der Waals surface area (Å²) < 4.78 is 0. The van der Waals surface area contributed by atoms with Crippen molar-refractivity contribution < 1.29 is 4.79 Å². The first kappa shape index (κ1) is 17.5. The number of carbonyl (C=O) groups is 1. The maximum absolute atomic E-state index is 13.1. The molecule has 0 aromatic heterocycles. The van der Waals surface area contributed by atoms with Crippen molar-refractivity contribution in [2.75, 3.05) is 0 Å². The van der Waals surface area contributed by atoms with Crippen molar-refractivity contribution in [3.05, 3.63) is 0 Å². The minimum atomic E-state index is 0.152. The van der Waals surface area contributed by atoms with Crippen molar-refractivity contribution in [2.24, 2.45) is 22.7 Å². The van der Waals surface area contributed by atoms with Crippen LogP contribution in [0.15, 0.2) is 0 Å². The Morgan fingerprint density at radius 3 is 1.74 bits per heavy atom. The fourth-order valence-electron chi connectivity index (χ4n) is 6.20. The molecule has 3 aliphatic carbocycles. The summed E-state index contributed by atoms with van der Waals surface area (Å²) in [6.07, 6.45) is 19.7. The third kappa shape index (κ3) is 3.40. The molecule has 0 saturated heterocycles. The van der Waals surface area contributed by atoms with Gasteiger partial charge in [0.1, 0.15) is 5.78 Å². The highest BCUT2D eigenvalue weighted by atomic mass is 16.1. The van der Waals surface area contributed by atoms with Gasteiger partial charge in [-0.1, -0.05) is 52.4 Å². The van der Waals surface area contributed by atoms with Crippen LogP contribution in [0.2, 0.25) is 0 Å². The molecule has 0 heterocycles. The number of hydrogen-bond donors (Lipinski definition) is 0. The van der Waals surface area contributed by atoms with Crippen molar-refractivity contribution in [3.63, 3.8) is 0 Å². The normalized spacial score (nSPS) is 40.5. The van der Waals surface area contributed by atoms with Crippen molar-refractivity contribution in [2.45, 2.75) is 110 Å². The molecule has 0 radical (unpaired) electrons. The molecule has 3 fully saturated rings. The Balaban J connectivity index is 1.47. The number of carbonyl (C=O) groups excluding carboxylic acids is 1. The van der Waals surface area contributed by atoms with Gasteiger partial charge in [0, 0.05) is 10.8 Å². The highest BCUT2D eigenvalue weighted by molar-refractivity contribution is 5.96. The smallest absolute Gasteiger partial charge is 0.145 e. The molecule has 1 nitrogen and oxygen atoms in total. The summed E-state index contributed by atoms with van der Waals surface area (Å²) in [4.78, 5) is 13.1. The Kier molecular flexibility index (Phi) is 5.53. The van der Waals surface area contributed by atoms with Gasteiger partial charge in [-0.15, -0.1) is 0 Å². The zero-order chi connectivity index (χ0) is 16.3. The summed E-state index contributed by atoms with van der Waals surface area (Å²) in [7, 11) is 0. The lowest BCUT2D eigenvalue weighted by Crippen LogP contribution is -2.59. The van der Waals surface area contributed by atoms with E-state index in [-0.39, 0.29) is 10.8 Å². The summed E-state index contributed by atoms with van der Waals surface area (Å²) in [5, 5.41) is 0. The molecule has 1 heteroatoms. The Morgan fingerprint density at radius 1 is 0.783 bits per heavy atom. The lowest BCUT2D eigenvalue weighted by atomic mass is 9.43. The lowest BCUT2D eigenvalue weighted by molar-refractivity contribution is -0.169. The van der Waals surface area contributed by atoms with E-state index >= 15 is 0 Å². The molecule has 3 rings (SSSR count). The first-order valence-corrected chi connectivity index (χ1v) is 10.7. The molecule has 3 saturated carbocycles. The minimum Gasteiger partial charge on any atom is -0.298 e. The molecule has 0 amide bonds. The average molecular weight is 319 g/mol. The van der Waals surface area contributed by atoms with Gasteiger partial charge >= 0.3 is 0 Å². The number of ketones is 1. The van der Waals surface area contributed by atoms with Crippen LogP contribution in [-0.2, 0) is 4.79 Å². The molecule has 0 atom stereocenters. The fourth-order valence-corrected chi connectivity index (χ4v) is 6.20. The van der Waals surface area contributed by atoms with Crippen LogP contribution < -0.4 is 0 Å². The molecule has 23 heavy (non-hydrogen) atoms. The van der Waals surface area contributed by atoms with Gasteiger partial charge in [-0.25, -0.2) is 0 Å². The Hall–Kier alpha value is -0.330. The maximum Gasteiger partial charge on any atom is 0.145 e. The predicted octanol–water partition coefficient (Wildman–Crippen LogP) is 6.69. The molecule has 132 valence electrons. The van der Waals surface area contributed by atoms with Crippen molar-refractivity contribution in [1.29, 1.82) is 0 Å². The molecular formula is C22H38O. The van der Waals surface area contributed by atoms with Gasteiger partial charge in [0.15, 0.2) is 0 Å². The van der Waals surface area contributed by atoms with Crippen LogP contribution in [0.5, 0.6) is 0 Å². The molecule has 0 aromatic carbocycles. The summed E-state index contributed by atoms with van der Waals surface area (Å²) in [5.74, 6) is 2.56. The van der Waals surface area contributed by atoms with Gasteiger partial charge in [0.25, 0.3) is 0 Å². The van der Waals surface area contributed by atoms with E-state index in [1.807, 2.05) is 0 Å². The van der Waals surface area contributed by atoms with E-state index in [1.54, 1.807) is 0 Å². The maximum atomic E-state index is 13.1. The van der Waals surface area contributed by atoms with E-state index in [4.69, 9.17) is 0 Å². The molecule has 0 aromatic rings. The minimum absolute atomic E-state index is 0.152. The van der Waals surface area contributed by atoms with Gasteiger partial charge in [-0.3, -0.25) is 4.79 Å². The first-order chi connectivity index (χ1) is 11.1. The van der Waals surface area contributed by atoms with Gasteiger partial charge in [0.05, 0.1) is 0 Å². The Bertz CT molecular complexity index is 394. The quantitative estimate of drug-likeness (QED) is 0.498. The average Bonchev–Trinajstić information content (AvgIpc) is 2.58. The fraction of sp³-hybridized carbons (Fsp3) is 0.955. The van der Waals surface area contributed by atoms with Gasteiger partial charge in [0.2, 0.25) is 0 Å². The second-order valence-electron chi connectivity index (χ2n) is 9.24. The van der Waals surface area contributed by atoms with Crippen LogP contribution in [-0.4, -0.2) is 5.78 Å². The van der Waals surface area contributed by atoms with Crippen LogP contribution in [0.4, 0.5) is 0 Å². The summed E-state index contributed by atoms with van der Waals surface area (Å²) in [6, 6.07) is 0. The molecule has 0 aliphatic heterocycles. The van der Waals surface area contributed by atoms with Crippen LogP contribution in [0.1, 0.15) is 110 Å². The highest BCUT2D eigenvalue weighted by Gasteiger charge is 2.62. The molecular weight excluding hydrogens is 280 g/mol. The second-order valence-corrected chi connectivity index (χ2v) is 9.24. The topological polar surface area (TPSA) is 17.1 Å². The predicted molar refractivity (Wildman–Crippen MR) is 97.5 cm³/mol. The van der Waals surface area contributed by atoms with Crippen LogP contribution in [0.25, 0.3) is 0 Å². The van der Waals surface area contributed by atoms with E-state index in [2.05, 4.69) is 13.8 Å². The molecule has 0 unspecified atom stereocenters. The van der Waals surface area contributed by atoms with Crippen molar-refractivity contribution >= 4 is 5.78 Å². The Morgan fingerprint density at radius 2 is 1.30 bits per heavy atom. The number of Topliss-reactive ketones (excluding diaryl/α,β-unsaturated/α-hetero) is 1. The third-order valence-electron chi connectivity index (χ3n) is 7.68. The van der Waals surface area contributed by atoms with E-state index in [0.29, 0.717) is 5.78 Å². The zero-order valence-corrected chi connectivity index (χ0v) is 15.7. The van der Waals surface area contributed by atoms with E-state index < -0.39 is 0 Å². The van der Waals surface area contributed by atoms with Crippen LogP contribution in [0, 0.1) is 22.7 Å². The first-order valence-electron chi connectivity index (χ1n) is 10.7. The second kappa shape index (κ2) is 7.28. The van der Waals surface area contributed by atoms with E-state index in [1.165, 1.54) is 96.3 Å². The molecule has 3 aliphatic rings. The van der Waals surface area contributed by atoms with E-state index in [9.17, 15) is 4.79 Å². The number of hydrogen-bond acceptors (Lipinski definition) is 1. The highest BCUT2D eigenvalue weighted by Crippen LogP contribution is 2.64.